The van der Waals surface area contributed by atoms with E-state index in [1.807, 2.05) is 6.07 Å². The van der Waals surface area contributed by atoms with Gasteiger partial charge in [0.15, 0.2) is 0 Å². The molecule has 0 aliphatic carbocycles. The minimum absolute atomic E-state index is 0.0245. The summed E-state index contributed by atoms with van der Waals surface area (Å²) >= 11 is 1.17. The molecule has 0 unspecified atom stereocenters. The summed E-state index contributed by atoms with van der Waals surface area (Å²) < 4.78 is 5.12. The molecule has 1 aromatic heterocycles. The highest BCUT2D eigenvalue weighted by Crippen LogP contribution is 2.27. The molecule has 88 valence electrons. The average molecular weight is 250 g/mol. The van der Waals surface area contributed by atoms with E-state index in [0.29, 0.717) is 10.8 Å². The molecule has 5 nitrogen and oxygen atoms in total. The topological polar surface area (TPSA) is 72.3 Å². The van der Waals surface area contributed by atoms with Gasteiger partial charge in [-0.15, -0.1) is 0 Å². The molecule has 1 N–H and O–H groups in total. The van der Waals surface area contributed by atoms with Crippen LogP contribution in [-0.4, -0.2) is 33.9 Å². The highest BCUT2D eigenvalue weighted by Gasteiger charge is 2.07. The summed E-state index contributed by atoms with van der Waals surface area (Å²) in [7, 11) is 1.58. The normalized spacial score (nSPS) is 10.4. The number of hydrogen-bond acceptors (Lipinski definition) is 5. The van der Waals surface area contributed by atoms with Crippen molar-refractivity contribution in [3.63, 3.8) is 0 Å². The zero-order chi connectivity index (χ0) is 12.3. The van der Waals surface area contributed by atoms with Crippen molar-refractivity contribution in [1.29, 1.82) is 0 Å². The number of carboxylic acid groups (broad SMARTS) is 1. The molecule has 1 heterocycles. The summed E-state index contributed by atoms with van der Waals surface area (Å²) in [6, 6.07) is 5.43. The zero-order valence-electron chi connectivity index (χ0n) is 9.08. The number of carbonyl (C=O) groups is 1. The number of methoxy groups -OCH3 is 1. The molecule has 0 aliphatic heterocycles. The van der Waals surface area contributed by atoms with Crippen molar-refractivity contribution in [2.24, 2.45) is 0 Å². The Bertz CT molecular complexity index is 559. The summed E-state index contributed by atoms with van der Waals surface area (Å²) in [6.07, 6.45) is 1.43. The number of benzene rings is 1. The van der Waals surface area contributed by atoms with E-state index in [1.165, 1.54) is 18.1 Å². The lowest BCUT2D eigenvalue weighted by molar-refractivity contribution is -0.133. The first-order chi connectivity index (χ1) is 8.20. The van der Waals surface area contributed by atoms with Gasteiger partial charge < -0.3 is 9.84 Å². The highest BCUT2D eigenvalue weighted by atomic mass is 32.2. The van der Waals surface area contributed by atoms with Crippen molar-refractivity contribution in [3.05, 3.63) is 24.5 Å². The minimum atomic E-state index is -0.871. The largest absolute Gasteiger partial charge is 0.497 e. The van der Waals surface area contributed by atoms with Gasteiger partial charge >= 0.3 is 5.97 Å². The molecule has 0 saturated carbocycles. The Morgan fingerprint density at radius 3 is 3.00 bits per heavy atom. The van der Waals surface area contributed by atoms with Crippen LogP contribution in [0.4, 0.5) is 0 Å². The van der Waals surface area contributed by atoms with Gasteiger partial charge in [0.05, 0.1) is 18.4 Å². The number of fused-ring (bicyclic) bond motifs is 1. The SMILES string of the molecule is COc1ccc2ncnc(SCC(=O)O)c2c1. The number of aliphatic carboxylic acids is 1. The minimum Gasteiger partial charge on any atom is -0.497 e. The molecular formula is C11H10N2O3S. The Balaban J connectivity index is 2.43. The maximum absolute atomic E-state index is 10.5. The Morgan fingerprint density at radius 1 is 1.47 bits per heavy atom. The average Bonchev–Trinajstić information content (AvgIpc) is 2.35. The molecule has 0 radical (unpaired) electrons. The van der Waals surface area contributed by atoms with E-state index in [-0.39, 0.29) is 5.75 Å². The lowest BCUT2D eigenvalue weighted by Gasteiger charge is -2.05. The monoisotopic (exact) mass is 250 g/mol. The predicted octanol–water partition coefficient (Wildman–Crippen LogP) is 1.82. The van der Waals surface area contributed by atoms with Crippen LogP contribution < -0.4 is 4.74 Å². The summed E-state index contributed by atoms with van der Waals surface area (Å²) in [5.74, 6) is -0.197. The van der Waals surface area contributed by atoms with Gasteiger partial charge in [0.1, 0.15) is 17.1 Å². The maximum Gasteiger partial charge on any atom is 0.313 e. The van der Waals surface area contributed by atoms with E-state index >= 15 is 0 Å². The smallest absolute Gasteiger partial charge is 0.313 e. The summed E-state index contributed by atoms with van der Waals surface area (Å²) in [5, 5.41) is 10.1. The second kappa shape index (κ2) is 5.01. The van der Waals surface area contributed by atoms with Crippen LogP contribution >= 0.6 is 11.8 Å². The van der Waals surface area contributed by atoms with Gasteiger partial charge in [0.25, 0.3) is 0 Å². The first-order valence-electron chi connectivity index (χ1n) is 4.84. The van der Waals surface area contributed by atoms with Crippen LogP contribution in [0, 0.1) is 0 Å². The molecule has 17 heavy (non-hydrogen) atoms. The number of rotatable bonds is 4. The van der Waals surface area contributed by atoms with Gasteiger partial charge in [-0.2, -0.15) is 0 Å². The van der Waals surface area contributed by atoms with Gasteiger partial charge in [-0.25, -0.2) is 9.97 Å². The van der Waals surface area contributed by atoms with Crippen LogP contribution in [-0.2, 0) is 4.79 Å². The molecule has 6 heteroatoms. The molecule has 0 bridgehead atoms. The second-order valence-electron chi connectivity index (χ2n) is 3.24. The number of ether oxygens (including phenoxy) is 1. The van der Waals surface area contributed by atoms with Gasteiger partial charge in [0, 0.05) is 5.39 Å². The number of nitrogens with zero attached hydrogens (tertiary/aromatic N) is 2. The van der Waals surface area contributed by atoms with Crippen molar-refractivity contribution in [3.8, 4) is 5.75 Å². The number of aromatic nitrogens is 2. The van der Waals surface area contributed by atoms with Crippen LogP contribution in [0.15, 0.2) is 29.6 Å². The third-order valence-electron chi connectivity index (χ3n) is 2.14. The zero-order valence-corrected chi connectivity index (χ0v) is 9.90. The fraction of sp³-hybridized carbons (Fsp3) is 0.182. The number of hydrogen-bond donors (Lipinski definition) is 1. The van der Waals surface area contributed by atoms with Crippen LogP contribution in [0.3, 0.4) is 0 Å². The van der Waals surface area contributed by atoms with Crippen LogP contribution in [0.2, 0.25) is 0 Å². The molecule has 0 atom stereocenters. The Kier molecular flexibility index (Phi) is 3.43. The van der Waals surface area contributed by atoms with Crippen molar-refractivity contribution in [1.82, 2.24) is 9.97 Å². The van der Waals surface area contributed by atoms with E-state index in [9.17, 15) is 4.79 Å². The molecule has 0 fully saturated rings. The predicted molar refractivity (Wildman–Crippen MR) is 64.4 cm³/mol. The summed E-state index contributed by atoms with van der Waals surface area (Å²) in [6.45, 7) is 0. The lowest BCUT2D eigenvalue weighted by atomic mass is 10.2. The van der Waals surface area contributed by atoms with Gasteiger partial charge in [-0.3, -0.25) is 4.79 Å². The number of carboxylic acids is 1. The molecule has 0 saturated heterocycles. The summed E-state index contributed by atoms with van der Waals surface area (Å²) in [4.78, 5) is 18.7. The molecule has 1 aromatic carbocycles. The third-order valence-corrected chi connectivity index (χ3v) is 3.13. The van der Waals surface area contributed by atoms with E-state index in [4.69, 9.17) is 9.84 Å². The molecule has 2 rings (SSSR count). The van der Waals surface area contributed by atoms with E-state index < -0.39 is 5.97 Å². The number of thioether (sulfide) groups is 1. The third kappa shape index (κ3) is 2.65. The molecule has 0 amide bonds. The van der Waals surface area contributed by atoms with Crippen molar-refractivity contribution >= 4 is 28.6 Å². The second-order valence-corrected chi connectivity index (χ2v) is 4.21. The lowest BCUT2D eigenvalue weighted by Crippen LogP contribution is -1.98. The van der Waals surface area contributed by atoms with E-state index in [1.54, 1.807) is 19.2 Å². The molecule has 2 aromatic rings. The van der Waals surface area contributed by atoms with Crippen LogP contribution in [0.1, 0.15) is 0 Å². The van der Waals surface area contributed by atoms with Crippen LogP contribution in [0.25, 0.3) is 10.9 Å². The van der Waals surface area contributed by atoms with E-state index in [2.05, 4.69) is 9.97 Å². The quantitative estimate of drug-likeness (QED) is 0.659. The Morgan fingerprint density at radius 2 is 2.29 bits per heavy atom. The Hall–Kier alpha value is -1.82. The van der Waals surface area contributed by atoms with E-state index in [0.717, 1.165) is 10.9 Å². The molecular weight excluding hydrogens is 240 g/mol. The maximum atomic E-state index is 10.5. The summed E-state index contributed by atoms with van der Waals surface area (Å²) in [5.41, 5.74) is 0.772. The first kappa shape index (κ1) is 11.7. The fourth-order valence-electron chi connectivity index (χ4n) is 1.38. The van der Waals surface area contributed by atoms with Gasteiger partial charge in [-0.1, -0.05) is 11.8 Å². The van der Waals surface area contributed by atoms with Crippen molar-refractivity contribution in [2.75, 3.05) is 12.9 Å². The standard InChI is InChI=1S/C11H10N2O3S/c1-16-7-2-3-9-8(4-7)11(13-6-12-9)17-5-10(14)15/h2-4,6H,5H2,1H3,(H,14,15). The van der Waals surface area contributed by atoms with Gasteiger partial charge in [-0.05, 0) is 18.2 Å². The Labute approximate surface area is 102 Å². The first-order valence-corrected chi connectivity index (χ1v) is 5.82. The van der Waals surface area contributed by atoms with Crippen LogP contribution in [0.5, 0.6) is 5.75 Å². The molecule has 0 aliphatic rings. The highest BCUT2D eigenvalue weighted by molar-refractivity contribution is 8.00. The molecule has 0 spiro atoms. The van der Waals surface area contributed by atoms with Crippen molar-refractivity contribution < 1.29 is 14.6 Å². The van der Waals surface area contributed by atoms with Gasteiger partial charge in [0.2, 0.25) is 0 Å². The van der Waals surface area contributed by atoms with Crippen molar-refractivity contribution in [2.45, 2.75) is 5.03 Å². The fourth-order valence-corrected chi connectivity index (χ4v) is 2.09.